The van der Waals surface area contributed by atoms with Gasteiger partial charge in [0.15, 0.2) is 0 Å². The molecule has 0 atom stereocenters. The predicted molar refractivity (Wildman–Crippen MR) is 135 cm³/mol. The van der Waals surface area contributed by atoms with E-state index >= 15 is 0 Å². The fraction of sp³-hybridized carbons (Fsp3) is 0.0741. The molecule has 5 rings (SSSR count). The number of carbonyl (C=O) groups excluding carboxylic acids is 1. The van der Waals surface area contributed by atoms with E-state index in [1.165, 1.54) is 23.5 Å². The summed E-state index contributed by atoms with van der Waals surface area (Å²) in [6, 6.07) is 23.4. The molecule has 2 aromatic heterocycles. The molecule has 0 aliphatic rings. The SMILES string of the molecule is COc1ccccc1-c1nc(C(=O)Nc2c(-c3ccc(F)cc3)ncn2Cc2ccccc2)cs1. The van der Waals surface area contributed by atoms with Gasteiger partial charge in [-0.2, -0.15) is 0 Å². The van der Waals surface area contributed by atoms with Crippen molar-refractivity contribution in [3.8, 4) is 27.6 Å². The van der Waals surface area contributed by atoms with Crippen LogP contribution in [0.25, 0.3) is 21.8 Å². The number of para-hydroxylation sites is 1. The number of aromatic nitrogens is 3. The normalized spacial score (nSPS) is 10.8. The number of thiazole rings is 1. The molecule has 6 nitrogen and oxygen atoms in total. The van der Waals surface area contributed by atoms with Gasteiger partial charge in [-0.1, -0.05) is 42.5 Å². The number of carbonyl (C=O) groups is 1. The molecule has 2 heterocycles. The molecule has 0 aliphatic carbocycles. The van der Waals surface area contributed by atoms with E-state index in [0.717, 1.165) is 11.1 Å². The summed E-state index contributed by atoms with van der Waals surface area (Å²) in [6.45, 7) is 0.508. The molecule has 8 heteroatoms. The van der Waals surface area contributed by atoms with E-state index in [0.29, 0.717) is 34.4 Å². The highest BCUT2D eigenvalue weighted by atomic mass is 32.1. The first kappa shape index (κ1) is 22.5. The Labute approximate surface area is 205 Å². The number of methoxy groups -OCH3 is 1. The van der Waals surface area contributed by atoms with Gasteiger partial charge in [0.2, 0.25) is 0 Å². The Morgan fingerprint density at radius 2 is 1.77 bits per heavy atom. The average Bonchev–Trinajstić information content (AvgIpc) is 3.53. The summed E-state index contributed by atoms with van der Waals surface area (Å²) in [7, 11) is 1.60. The lowest BCUT2D eigenvalue weighted by molar-refractivity contribution is 0.102. The third kappa shape index (κ3) is 4.83. The van der Waals surface area contributed by atoms with Gasteiger partial charge in [0.1, 0.15) is 33.8 Å². The van der Waals surface area contributed by atoms with Crippen molar-refractivity contribution >= 4 is 23.1 Å². The Balaban J connectivity index is 1.47. The van der Waals surface area contributed by atoms with Crippen molar-refractivity contribution in [3.63, 3.8) is 0 Å². The molecule has 174 valence electrons. The number of amides is 1. The van der Waals surface area contributed by atoms with Crippen LogP contribution in [0.3, 0.4) is 0 Å². The molecule has 35 heavy (non-hydrogen) atoms. The molecule has 3 aromatic carbocycles. The Morgan fingerprint density at radius 1 is 1.03 bits per heavy atom. The second-order valence-corrected chi connectivity index (χ2v) is 8.61. The Bertz CT molecular complexity index is 1460. The standard InChI is InChI=1S/C27H21FN4O2S/c1-34-23-10-6-5-9-21(23)27-30-22(16-35-27)26(33)31-25-24(19-11-13-20(28)14-12-19)29-17-32(25)15-18-7-3-2-4-8-18/h2-14,16-17H,15H2,1H3,(H,31,33). The highest BCUT2D eigenvalue weighted by Gasteiger charge is 2.20. The minimum absolute atomic E-state index is 0.286. The van der Waals surface area contributed by atoms with E-state index in [1.807, 2.05) is 59.2 Å². The summed E-state index contributed by atoms with van der Waals surface area (Å²) in [5, 5.41) is 5.38. The van der Waals surface area contributed by atoms with Gasteiger partial charge in [0.25, 0.3) is 5.91 Å². The number of nitrogens with one attached hydrogen (secondary N) is 1. The first-order valence-electron chi connectivity index (χ1n) is 10.9. The van der Waals surface area contributed by atoms with Crippen molar-refractivity contribution in [2.24, 2.45) is 0 Å². The quantitative estimate of drug-likeness (QED) is 0.302. The summed E-state index contributed by atoms with van der Waals surface area (Å²) in [4.78, 5) is 22.3. The van der Waals surface area contributed by atoms with Gasteiger partial charge in [-0.05, 0) is 42.0 Å². The van der Waals surface area contributed by atoms with Gasteiger partial charge < -0.3 is 14.6 Å². The molecule has 0 saturated heterocycles. The minimum atomic E-state index is -0.361. The number of hydrogen-bond acceptors (Lipinski definition) is 5. The first-order valence-corrected chi connectivity index (χ1v) is 11.8. The maximum Gasteiger partial charge on any atom is 0.276 e. The number of nitrogens with zero attached hydrogens (tertiary/aromatic N) is 3. The van der Waals surface area contributed by atoms with Crippen LogP contribution in [0.1, 0.15) is 16.1 Å². The Morgan fingerprint density at radius 3 is 2.54 bits per heavy atom. The first-order chi connectivity index (χ1) is 17.1. The van der Waals surface area contributed by atoms with Crippen LogP contribution in [-0.4, -0.2) is 27.6 Å². The maximum atomic E-state index is 13.5. The molecular weight excluding hydrogens is 463 g/mol. The van der Waals surface area contributed by atoms with Crippen LogP contribution in [0.2, 0.25) is 0 Å². The fourth-order valence-corrected chi connectivity index (χ4v) is 4.56. The van der Waals surface area contributed by atoms with Gasteiger partial charge in [0.05, 0.1) is 25.5 Å². The topological polar surface area (TPSA) is 69.0 Å². The zero-order chi connectivity index (χ0) is 24.2. The molecular formula is C27H21FN4O2S. The van der Waals surface area contributed by atoms with Crippen LogP contribution in [0.4, 0.5) is 10.2 Å². The monoisotopic (exact) mass is 484 g/mol. The summed E-state index contributed by atoms with van der Waals surface area (Å²) in [5.41, 5.74) is 3.41. The summed E-state index contributed by atoms with van der Waals surface area (Å²) in [5.74, 6) is 0.501. The summed E-state index contributed by atoms with van der Waals surface area (Å²) >= 11 is 1.37. The van der Waals surface area contributed by atoms with Gasteiger partial charge in [0, 0.05) is 10.9 Å². The van der Waals surface area contributed by atoms with E-state index in [-0.39, 0.29) is 17.4 Å². The predicted octanol–water partition coefficient (Wildman–Crippen LogP) is 6.12. The van der Waals surface area contributed by atoms with Crippen LogP contribution in [0.5, 0.6) is 5.75 Å². The third-order valence-corrected chi connectivity index (χ3v) is 6.33. The average molecular weight is 485 g/mol. The molecule has 0 unspecified atom stereocenters. The zero-order valence-corrected chi connectivity index (χ0v) is 19.6. The highest BCUT2D eigenvalue weighted by molar-refractivity contribution is 7.13. The van der Waals surface area contributed by atoms with Crippen molar-refractivity contribution in [3.05, 3.63) is 108 Å². The maximum absolute atomic E-state index is 13.5. The van der Waals surface area contributed by atoms with Gasteiger partial charge in [-0.25, -0.2) is 14.4 Å². The Kier molecular flexibility index (Phi) is 6.36. The number of hydrogen-bond donors (Lipinski definition) is 1. The molecule has 0 fully saturated rings. The molecule has 0 saturated carbocycles. The highest BCUT2D eigenvalue weighted by Crippen LogP contribution is 2.33. The Hall–Kier alpha value is -4.30. The molecule has 1 N–H and O–H groups in total. The largest absolute Gasteiger partial charge is 0.496 e. The number of imidazole rings is 1. The van der Waals surface area contributed by atoms with Crippen molar-refractivity contribution in [2.45, 2.75) is 6.54 Å². The second-order valence-electron chi connectivity index (χ2n) is 7.75. The third-order valence-electron chi connectivity index (χ3n) is 5.46. The molecule has 0 spiro atoms. The zero-order valence-electron chi connectivity index (χ0n) is 18.8. The molecule has 0 aliphatic heterocycles. The van der Waals surface area contributed by atoms with E-state index in [2.05, 4.69) is 15.3 Å². The summed E-state index contributed by atoms with van der Waals surface area (Å²) < 4.78 is 20.8. The number of rotatable bonds is 7. The minimum Gasteiger partial charge on any atom is -0.496 e. The number of anilines is 1. The molecule has 0 bridgehead atoms. The molecule has 5 aromatic rings. The number of benzene rings is 3. The lowest BCUT2D eigenvalue weighted by Gasteiger charge is -2.11. The van der Waals surface area contributed by atoms with Gasteiger partial charge in [-0.15, -0.1) is 11.3 Å². The van der Waals surface area contributed by atoms with Crippen LogP contribution in [0, 0.1) is 5.82 Å². The van der Waals surface area contributed by atoms with Crippen molar-refractivity contribution in [1.29, 1.82) is 0 Å². The van der Waals surface area contributed by atoms with Crippen LogP contribution in [-0.2, 0) is 6.54 Å². The van der Waals surface area contributed by atoms with Crippen LogP contribution >= 0.6 is 11.3 Å². The van der Waals surface area contributed by atoms with E-state index < -0.39 is 0 Å². The molecule has 0 radical (unpaired) electrons. The smallest absolute Gasteiger partial charge is 0.276 e. The lowest BCUT2D eigenvalue weighted by atomic mass is 10.1. The van der Waals surface area contributed by atoms with E-state index in [1.54, 1.807) is 30.9 Å². The van der Waals surface area contributed by atoms with E-state index in [4.69, 9.17) is 4.74 Å². The van der Waals surface area contributed by atoms with Crippen molar-refractivity contribution in [2.75, 3.05) is 12.4 Å². The van der Waals surface area contributed by atoms with Crippen LogP contribution in [0.15, 0.2) is 90.6 Å². The van der Waals surface area contributed by atoms with Crippen molar-refractivity contribution < 1.29 is 13.9 Å². The number of halogens is 1. The second kappa shape index (κ2) is 9.90. The van der Waals surface area contributed by atoms with Gasteiger partial charge in [-0.3, -0.25) is 4.79 Å². The van der Waals surface area contributed by atoms with Gasteiger partial charge >= 0.3 is 0 Å². The summed E-state index contributed by atoms with van der Waals surface area (Å²) in [6.07, 6.45) is 1.67. The molecule has 1 amide bonds. The number of ether oxygens (including phenoxy) is 1. The van der Waals surface area contributed by atoms with E-state index in [9.17, 15) is 9.18 Å². The van der Waals surface area contributed by atoms with Crippen LogP contribution < -0.4 is 10.1 Å². The fourth-order valence-electron chi connectivity index (χ4n) is 3.73. The lowest BCUT2D eigenvalue weighted by Crippen LogP contribution is -2.16. The van der Waals surface area contributed by atoms with Crippen molar-refractivity contribution in [1.82, 2.24) is 14.5 Å².